The van der Waals surface area contributed by atoms with E-state index >= 15 is 0 Å². The van der Waals surface area contributed by atoms with E-state index in [0.717, 1.165) is 25.3 Å². The zero-order chi connectivity index (χ0) is 14.4. The molecular formula is C16H25N3O. The van der Waals surface area contributed by atoms with Gasteiger partial charge in [-0.05, 0) is 36.8 Å². The molecule has 0 radical (unpaired) electrons. The predicted molar refractivity (Wildman–Crippen MR) is 81.9 cm³/mol. The molecule has 1 amide bonds. The van der Waals surface area contributed by atoms with Crippen LogP contribution in [0.3, 0.4) is 0 Å². The van der Waals surface area contributed by atoms with Crippen molar-refractivity contribution in [2.75, 3.05) is 18.4 Å². The van der Waals surface area contributed by atoms with Crippen LogP contribution < -0.4 is 10.6 Å². The molecule has 4 heteroatoms. The van der Waals surface area contributed by atoms with E-state index in [1.165, 1.54) is 25.7 Å². The summed E-state index contributed by atoms with van der Waals surface area (Å²) in [5.41, 5.74) is 0.916. The van der Waals surface area contributed by atoms with Gasteiger partial charge in [0, 0.05) is 19.3 Å². The number of pyridine rings is 1. The molecule has 20 heavy (non-hydrogen) atoms. The topological polar surface area (TPSA) is 54.0 Å². The maximum absolute atomic E-state index is 12.1. The molecule has 2 rings (SSSR count). The number of anilines is 1. The third-order valence-corrected chi connectivity index (χ3v) is 4.07. The summed E-state index contributed by atoms with van der Waals surface area (Å²) in [4.78, 5) is 16.4. The number of aromatic nitrogens is 1. The average Bonchev–Trinajstić information content (AvgIpc) is 2.90. The molecule has 1 fully saturated rings. The smallest absolute Gasteiger partial charge is 0.252 e. The van der Waals surface area contributed by atoms with Crippen LogP contribution >= 0.6 is 0 Å². The van der Waals surface area contributed by atoms with E-state index in [-0.39, 0.29) is 11.3 Å². The fourth-order valence-electron chi connectivity index (χ4n) is 2.69. The molecule has 1 aliphatic rings. The summed E-state index contributed by atoms with van der Waals surface area (Å²) in [6.07, 6.45) is 7.70. The first kappa shape index (κ1) is 14.8. The van der Waals surface area contributed by atoms with Crippen molar-refractivity contribution in [3.05, 3.63) is 23.9 Å². The van der Waals surface area contributed by atoms with Gasteiger partial charge in [0.25, 0.3) is 5.91 Å². The zero-order valence-electron chi connectivity index (χ0n) is 12.5. The van der Waals surface area contributed by atoms with Gasteiger partial charge in [0.1, 0.15) is 5.82 Å². The summed E-state index contributed by atoms with van der Waals surface area (Å²) < 4.78 is 0. The Hall–Kier alpha value is -1.58. The Morgan fingerprint density at radius 3 is 2.70 bits per heavy atom. The number of nitrogens with one attached hydrogen (secondary N) is 2. The summed E-state index contributed by atoms with van der Waals surface area (Å²) in [5, 5.41) is 6.25. The Bertz CT molecular complexity index is 436. The van der Waals surface area contributed by atoms with Crippen LogP contribution in [0, 0.1) is 5.41 Å². The van der Waals surface area contributed by atoms with Crippen LogP contribution in [0.5, 0.6) is 0 Å². The molecule has 1 aromatic rings. The van der Waals surface area contributed by atoms with Crippen LogP contribution in [0.2, 0.25) is 0 Å². The number of carbonyl (C=O) groups excluding carboxylic acids is 1. The van der Waals surface area contributed by atoms with Crippen LogP contribution in [0.25, 0.3) is 0 Å². The summed E-state index contributed by atoms with van der Waals surface area (Å²) in [6.45, 7) is 6.04. The third-order valence-electron chi connectivity index (χ3n) is 4.07. The molecule has 0 bridgehead atoms. The zero-order valence-corrected chi connectivity index (χ0v) is 12.5. The summed E-state index contributed by atoms with van der Waals surface area (Å²) in [7, 11) is 0. The highest BCUT2D eigenvalue weighted by Crippen LogP contribution is 2.36. The molecule has 0 atom stereocenters. The number of carbonyl (C=O) groups is 1. The second-order valence-corrected chi connectivity index (χ2v) is 6.06. The van der Waals surface area contributed by atoms with Crippen molar-refractivity contribution in [1.82, 2.24) is 10.3 Å². The summed E-state index contributed by atoms with van der Waals surface area (Å²) in [6, 6.07) is 3.69. The van der Waals surface area contributed by atoms with Crippen LogP contribution in [0.15, 0.2) is 18.3 Å². The van der Waals surface area contributed by atoms with Crippen molar-refractivity contribution in [1.29, 1.82) is 0 Å². The number of nitrogens with zero attached hydrogens (tertiary/aromatic N) is 1. The van der Waals surface area contributed by atoms with Crippen molar-refractivity contribution >= 4 is 11.7 Å². The van der Waals surface area contributed by atoms with E-state index < -0.39 is 0 Å². The molecule has 2 N–H and O–H groups in total. The molecule has 0 unspecified atom stereocenters. The number of amides is 1. The van der Waals surface area contributed by atoms with Gasteiger partial charge in [0.2, 0.25) is 0 Å². The van der Waals surface area contributed by atoms with Crippen molar-refractivity contribution in [2.24, 2.45) is 5.41 Å². The van der Waals surface area contributed by atoms with Gasteiger partial charge in [-0.25, -0.2) is 4.98 Å². The molecule has 0 aromatic carbocycles. The Morgan fingerprint density at radius 2 is 2.10 bits per heavy atom. The maximum Gasteiger partial charge on any atom is 0.252 e. The van der Waals surface area contributed by atoms with Crippen LogP contribution in [0.4, 0.5) is 5.82 Å². The second kappa shape index (κ2) is 6.73. The summed E-state index contributed by atoms with van der Waals surface area (Å²) >= 11 is 0. The fraction of sp³-hybridized carbons (Fsp3) is 0.625. The normalized spacial score (nSPS) is 16.9. The summed E-state index contributed by atoms with van der Waals surface area (Å²) in [5.74, 6) is 0.804. The lowest BCUT2D eigenvalue weighted by Gasteiger charge is -2.23. The molecule has 1 aliphatic carbocycles. The van der Waals surface area contributed by atoms with Gasteiger partial charge in [0.15, 0.2) is 0 Å². The van der Waals surface area contributed by atoms with Gasteiger partial charge in [-0.15, -0.1) is 0 Å². The number of rotatable bonds is 6. The molecule has 1 aromatic heterocycles. The first-order valence-corrected chi connectivity index (χ1v) is 7.61. The number of hydrogen-bond donors (Lipinski definition) is 2. The van der Waals surface area contributed by atoms with Gasteiger partial charge in [0.05, 0.1) is 5.56 Å². The highest BCUT2D eigenvalue weighted by atomic mass is 16.1. The Balaban J connectivity index is 1.85. The Morgan fingerprint density at radius 1 is 1.35 bits per heavy atom. The van der Waals surface area contributed by atoms with Gasteiger partial charge < -0.3 is 10.6 Å². The van der Waals surface area contributed by atoms with Crippen molar-refractivity contribution < 1.29 is 4.79 Å². The monoisotopic (exact) mass is 275 g/mol. The largest absolute Gasteiger partial charge is 0.370 e. The van der Waals surface area contributed by atoms with Gasteiger partial charge >= 0.3 is 0 Å². The van der Waals surface area contributed by atoms with Gasteiger partial charge in [-0.2, -0.15) is 0 Å². The minimum atomic E-state index is -0.0207. The lowest BCUT2D eigenvalue weighted by atomic mass is 9.89. The van der Waals surface area contributed by atoms with Crippen molar-refractivity contribution in [3.8, 4) is 0 Å². The molecule has 0 aliphatic heterocycles. The minimum absolute atomic E-state index is 0.0207. The first-order valence-electron chi connectivity index (χ1n) is 7.61. The van der Waals surface area contributed by atoms with E-state index in [9.17, 15) is 4.79 Å². The third kappa shape index (κ3) is 3.95. The predicted octanol–water partition coefficient (Wildman–Crippen LogP) is 3.21. The second-order valence-electron chi connectivity index (χ2n) is 6.06. The standard InChI is InChI=1S/C16H25N3O/c1-3-10-17-14-7-6-13(11-18-14)15(20)19-12-16(2)8-4-5-9-16/h6-7,11H,3-5,8-10,12H2,1-2H3,(H,17,18)(H,19,20). The first-order chi connectivity index (χ1) is 9.63. The van der Waals surface area contributed by atoms with Crippen LogP contribution in [-0.4, -0.2) is 24.0 Å². The molecule has 4 nitrogen and oxygen atoms in total. The van der Waals surface area contributed by atoms with Crippen LogP contribution in [0.1, 0.15) is 56.3 Å². The van der Waals surface area contributed by atoms with Gasteiger partial charge in [-0.3, -0.25) is 4.79 Å². The molecule has 0 spiro atoms. The van der Waals surface area contributed by atoms with Gasteiger partial charge in [-0.1, -0.05) is 26.7 Å². The van der Waals surface area contributed by atoms with Crippen molar-refractivity contribution in [2.45, 2.75) is 46.0 Å². The maximum atomic E-state index is 12.1. The van der Waals surface area contributed by atoms with Crippen LogP contribution in [-0.2, 0) is 0 Å². The highest BCUT2D eigenvalue weighted by Gasteiger charge is 2.28. The van der Waals surface area contributed by atoms with E-state index in [0.29, 0.717) is 5.56 Å². The van der Waals surface area contributed by atoms with E-state index in [1.54, 1.807) is 6.20 Å². The van der Waals surface area contributed by atoms with E-state index in [1.807, 2.05) is 12.1 Å². The minimum Gasteiger partial charge on any atom is -0.370 e. The average molecular weight is 275 g/mol. The molecule has 1 saturated carbocycles. The quantitative estimate of drug-likeness (QED) is 0.838. The molecule has 110 valence electrons. The lowest BCUT2D eigenvalue weighted by Crippen LogP contribution is -2.34. The molecule has 0 saturated heterocycles. The fourth-order valence-corrected chi connectivity index (χ4v) is 2.69. The Kier molecular flexibility index (Phi) is 4.99. The molecular weight excluding hydrogens is 250 g/mol. The van der Waals surface area contributed by atoms with E-state index in [2.05, 4.69) is 29.5 Å². The Labute approximate surface area is 121 Å². The SMILES string of the molecule is CCCNc1ccc(C(=O)NCC2(C)CCCC2)cn1. The van der Waals surface area contributed by atoms with Crippen molar-refractivity contribution in [3.63, 3.8) is 0 Å². The number of hydrogen-bond acceptors (Lipinski definition) is 3. The molecule has 1 heterocycles. The van der Waals surface area contributed by atoms with E-state index in [4.69, 9.17) is 0 Å². The lowest BCUT2D eigenvalue weighted by molar-refractivity contribution is 0.0934. The highest BCUT2D eigenvalue weighted by molar-refractivity contribution is 5.94.